The van der Waals surface area contributed by atoms with Crippen LogP contribution in [0.5, 0.6) is 5.75 Å². The molecule has 2 saturated heterocycles. The number of unbranched alkanes of at least 4 members (excludes halogenated alkanes) is 1. The van der Waals surface area contributed by atoms with Gasteiger partial charge in [0.25, 0.3) is 0 Å². The number of carbonyl (C=O) groups excluding carboxylic acids is 3. The fourth-order valence-electron chi connectivity index (χ4n) is 6.88. The number of benzene rings is 1. The molecule has 40 heavy (non-hydrogen) atoms. The van der Waals surface area contributed by atoms with Gasteiger partial charge in [-0.15, -0.1) is 11.8 Å². The number of aliphatic hydroxyl groups excluding tert-OH is 1. The SMILES string of the molecule is CCCC(C)N1CC=C[C@]23S[C@@H]4C=CCN(c5ccc(OCC)cc5)C(=O)[C@@H]4[C@H]2C(=O)N(CCCCO)C3C1=O. The summed E-state index contributed by atoms with van der Waals surface area (Å²) in [5, 5.41) is 9.21. The zero-order chi connectivity index (χ0) is 28.4. The normalized spacial score (nSPS) is 30.2. The smallest absolute Gasteiger partial charge is 0.247 e. The van der Waals surface area contributed by atoms with E-state index in [1.165, 1.54) is 0 Å². The molecule has 2 unspecified atom stereocenters. The molecule has 0 aliphatic carbocycles. The summed E-state index contributed by atoms with van der Waals surface area (Å²) in [6.45, 7) is 8.04. The maximum Gasteiger partial charge on any atom is 0.247 e. The summed E-state index contributed by atoms with van der Waals surface area (Å²) < 4.78 is 4.77. The highest BCUT2D eigenvalue weighted by Gasteiger charge is 2.71. The van der Waals surface area contributed by atoms with Crippen LogP contribution in [0.1, 0.15) is 46.5 Å². The van der Waals surface area contributed by atoms with Crippen LogP contribution in [0.15, 0.2) is 48.6 Å². The fourth-order valence-corrected chi connectivity index (χ4v) is 8.89. The number of carbonyl (C=O) groups is 3. The first-order chi connectivity index (χ1) is 19.4. The van der Waals surface area contributed by atoms with Crippen molar-refractivity contribution < 1.29 is 24.2 Å². The van der Waals surface area contributed by atoms with Gasteiger partial charge in [0.05, 0.1) is 23.2 Å². The molecular formula is C31H41N3O5S. The van der Waals surface area contributed by atoms with Crippen molar-refractivity contribution in [3.8, 4) is 5.75 Å². The van der Waals surface area contributed by atoms with Gasteiger partial charge in [0.15, 0.2) is 0 Å². The van der Waals surface area contributed by atoms with Gasteiger partial charge in [-0.1, -0.05) is 37.6 Å². The number of hydrogen-bond donors (Lipinski definition) is 1. The highest BCUT2D eigenvalue weighted by atomic mass is 32.2. The van der Waals surface area contributed by atoms with Gasteiger partial charge in [0, 0.05) is 43.2 Å². The van der Waals surface area contributed by atoms with Gasteiger partial charge in [-0.05, 0) is 57.4 Å². The number of fused-ring (bicyclic) bond motifs is 2. The van der Waals surface area contributed by atoms with Crippen LogP contribution < -0.4 is 9.64 Å². The second kappa shape index (κ2) is 12.0. The molecule has 3 amide bonds. The van der Waals surface area contributed by atoms with Crippen molar-refractivity contribution in [2.24, 2.45) is 11.8 Å². The maximum atomic E-state index is 14.3. The van der Waals surface area contributed by atoms with Crippen LogP contribution in [-0.2, 0) is 14.4 Å². The number of likely N-dealkylation sites (tertiary alicyclic amines) is 1. The first-order valence-electron chi connectivity index (χ1n) is 14.7. The van der Waals surface area contributed by atoms with Crippen molar-refractivity contribution in [3.63, 3.8) is 0 Å². The lowest BCUT2D eigenvalue weighted by atomic mass is 9.78. The van der Waals surface area contributed by atoms with Crippen LogP contribution in [0.2, 0.25) is 0 Å². The lowest BCUT2D eigenvalue weighted by Gasteiger charge is -2.37. The standard InChI is InChI=1S/C31H41N3O5S/c1-4-10-21(3)32-19-9-16-31-26(29(37)34(17-6-7-20-35)27(31)30(32)38)25-24(40-31)11-8-18-33(28(25)36)22-12-14-23(15-13-22)39-5-2/h8-9,11-16,21,24-27,35H,4-7,10,17-20H2,1-3H3/t21?,24-,25+,26+,27?,31+/m1/s1. The Labute approximate surface area is 241 Å². The van der Waals surface area contributed by atoms with E-state index in [1.807, 2.05) is 48.2 Å². The Morgan fingerprint density at radius 2 is 1.82 bits per heavy atom. The Morgan fingerprint density at radius 1 is 1.05 bits per heavy atom. The van der Waals surface area contributed by atoms with E-state index in [2.05, 4.69) is 26.0 Å². The van der Waals surface area contributed by atoms with Gasteiger partial charge in [-0.3, -0.25) is 14.4 Å². The number of rotatable bonds is 10. The monoisotopic (exact) mass is 567 g/mol. The molecular weight excluding hydrogens is 526 g/mol. The summed E-state index contributed by atoms with van der Waals surface area (Å²) in [7, 11) is 0. The van der Waals surface area contributed by atoms with Crippen LogP contribution in [0, 0.1) is 11.8 Å². The van der Waals surface area contributed by atoms with Gasteiger partial charge in [0.2, 0.25) is 17.7 Å². The number of nitrogens with zero attached hydrogens (tertiary/aromatic N) is 3. The molecule has 0 radical (unpaired) electrons. The van der Waals surface area contributed by atoms with Crippen molar-refractivity contribution in [3.05, 3.63) is 48.6 Å². The zero-order valence-corrected chi connectivity index (χ0v) is 24.5. The third-order valence-electron chi connectivity index (χ3n) is 8.69. The molecule has 0 saturated carbocycles. The molecule has 1 spiro atoms. The average molecular weight is 568 g/mol. The number of aliphatic hydroxyl groups is 1. The minimum Gasteiger partial charge on any atom is -0.494 e. The fraction of sp³-hybridized carbons (Fsp3) is 0.581. The molecule has 0 aromatic heterocycles. The molecule has 8 nitrogen and oxygen atoms in total. The third kappa shape index (κ3) is 4.85. The Hall–Kier alpha value is -2.78. The van der Waals surface area contributed by atoms with Gasteiger partial charge in [-0.2, -0.15) is 0 Å². The number of ether oxygens (including phenoxy) is 1. The highest BCUT2D eigenvalue weighted by molar-refractivity contribution is 8.02. The summed E-state index contributed by atoms with van der Waals surface area (Å²) in [6, 6.07) is 6.89. The second-order valence-corrected chi connectivity index (χ2v) is 12.6. The Morgan fingerprint density at radius 3 is 2.52 bits per heavy atom. The van der Waals surface area contributed by atoms with Gasteiger partial charge in [-0.25, -0.2) is 0 Å². The molecule has 0 bridgehead atoms. The predicted octanol–water partition coefficient (Wildman–Crippen LogP) is 3.65. The van der Waals surface area contributed by atoms with Crippen LogP contribution in [0.4, 0.5) is 5.69 Å². The molecule has 4 aliphatic heterocycles. The summed E-state index contributed by atoms with van der Waals surface area (Å²) >= 11 is 1.61. The van der Waals surface area contributed by atoms with Crippen LogP contribution in [0.3, 0.4) is 0 Å². The van der Waals surface area contributed by atoms with E-state index in [1.54, 1.807) is 21.6 Å². The quantitative estimate of drug-likeness (QED) is 0.343. The van der Waals surface area contributed by atoms with Gasteiger partial charge < -0.3 is 24.5 Å². The van der Waals surface area contributed by atoms with Crippen molar-refractivity contribution in [2.75, 3.05) is 37.7 Å². The first-order valence-corrected chi connectivity index (χ1v) is 15.5. The van der Waals surface area contributed by atoms with Crippen LogP contribution in [0.25, 0.3) is 0 Å². The molecule has 9 heteroatoms. The molecule has 1 aromatic carbocycles. The Bertz CT molecular complexity index is 1170. The lowest BCUT2D eigenvalue weighted by molar-refractivity contribution is -0.143. The van der Waals surface area contributed by atoms with Crippen molar-refractivity contribution in [1.29, 1.82) is 0 Å². The summed E-state index contributed by atoms with van der Waals surface area (Å²) in [5.74, 6) is -0.711. The van der Waals surface area contributed by atoms with E-state index in [4.69, 9.17) is 4.74 Å². The molecule has 1 aromatic rings. The zero-order valence-electron chi connectivity index (χ0n) is 23.7. The van der Waals surface area contributed by atoms with Crippen molar-refractivity contribution in [2.45, 2.75) is 68.5 Å². The first kappa shape index (κ1) is 28.7. The molecule has 6 atom stereocenters. The summed E-state index contributed by atoms with van der Waals surface area (Å²) in [6.07, 6.45) is 11.2. The molecule has 216 valence electrons. The topological polar surface area (TPSA) is 90.4 Å². The molecule has 1 N–H and O–H groups in total. The summed E-state index contributed by atoms with van der Waals surface area (Å²) in [4.78, 5) is 48.3. The molecule has 4 heterocycles. The van der Waals surface area contributed by atoms with E-state index >= 15 is 0 Å². The van der Waals surface area contributed by atoms with E-state index in [9.17, 15) is 19.5 Å². The van der Waals surface area contributed by atoms with E-state index in [0.29, 0.717) is 39.1 Å². The minimum atomic E-state index is -0.814. The summed E-state index contributed by atoms with van der Waals surface area (Å²) in [5.41, 5.74) is 0.763. The number of thioether (sulfide) groups is 1. The molecule has 2 fully saturated rings. The van der Waals surface area contributed by atoms with E-state index in [-0.39, 0.29) is 35.6 Å². The van der Waals surface area contributed by atoms with Crippen LogP contribution >= 0.6 is 11.8 Å². The van der Waals surface area contributed by atoms with Crippen molar-refractivity contribution >= 4 is 35.2 Å². The lowest BCUT2D eigenvalue weighted by Crippen LogP contribution is -2.55. The number of amides is 3. The molecule has 5 rings (SSSR count). The van der Waals surface area contributed by atoms with E-state index in [0.717, 1.165) is 24.3 Å². The van der Waals surface area contributed by atoms with Gasteiger partial charge >= 0.3 is 0 Å². The largest absolute Gasteiger partial charge is 0.494 e. The molecule has 4 aliphatic rings. The Kier molecular flexibility index (Phi) is 8.61. The number of anilines is 1. The van der Waals surface area contributed by atoms with Crippen LogP contribution in [-0.4, -0.2) is 87.6 Å². The predicted molar refractivity (Wildman–Crippen MR) is 157 cm³/mol. The second-order valence-electron chi connectivity index (χ2n) is 11.1. The van der Waals surface area contributed by atoms with Crippen molar-refractivity contribution in [1.82, 2.24) is 9.80 Å². The van der Waals surface area contributed by atoms with Gasteiger partial charge in [0.1, 0.15) is 11.8 Å². The minimum absolute atomic E-state index is 0.0328. The third-order valence-corrected chi connectivity index (χ3v) is 10.4. The maximum absolute atomic E-state index is 14.3. The highest BCUT2D eigenvalue weighted by Crippen LogP contribution is 2.61. The number of hydrogen-bond acceptors (Lipinski definition) is 6. The Balaban J connectivity index is 1.52. The van der Waals surface area contributed by atoms with E-state index < -0.39 is 22.6 Å². The average Bonchev–Trinajstić information content (AvgIpc) is 3.24.